The summed E-state index contributed by atoms with van der Waals surface area (Å²) in [5.74, 6) is 0.189. The van der Waals surface area contributed by atoms with Crippen molar-refractivity contribution in [1.29, 1.82) is 0 Å². The molecule has 0 aliphatic carbocycles. The van der Waals surface area contributed by atoms with Gasteiger partial charge in [-0.2, -0.15) is 5.10 Å². The largest absolute Gasteiger partial charge is 0.337 e. The van der Waals surface area contributed by atoms with Crippen molar-refractivity contribution in [2.45, 2.75) is 47.1 Å². The summed E-state index contributed by atoms with van der Waals surface area (Å²) in [7, 11) is 0. The lowest BCUT2D eigenvalue weighted by Crippen LogP contribution is -2.36. The smallest absolute Gasteiger partial charge is 0.274 e. The van der Waals surface area contributed by atoms with E-state index in [0.717, 1.165) is 12.8 Å². The first-order valence-corrected chi connectivity index (χ1v) is 8.78. The fourth-order valence-electron chi connectivity index (χ4n) is 2.87. The van der Waals surface area contributed by atoms with Crippen LogP contribution in [-0.2, 0) is 6.54 Å². The van der Waals surface area contributed by atoms with Gasteiger partial charge in [-0.05, 0) is 24.8 Å². The Kier molecular flexibility index (Phi) is 6.12. The van der Waals surface area contributed by atoms with Gasteiger partial charge in [-0.25, -0.2) is 4.68 Å². The van der Waals surface area contributed by atoms with E-state index in [-0.39, 0.29) is 17.4 Å². The second-order valence-electron chi connectivity index (χ2n) is 6.57. The molecule has 5 nitrogen and oxygen atoms in total. The molecule has 24 heavy (non-hydrogen) atoms. The molecule has 0 saturated heterocycles. The zero-order chi connectivity index (χ0) is 17.7. The molecule has 2 rings (SSSR count). The van der Waals surface area contributed by atoms with E-state index in [1.807, 2.05) is 36.9 Å². The van der Waals surface area contributed by atoms with Crippen LogP contribution in [-0.4, -0.2) is 33.7 Å². The first-order chi connectivity index (χ1) is 11.5. The Balaban J connectivity index is 2.61. The van der Waals surface area contributed by atoms with Crippen LogP contribution in [0.25, 0.3) is 10.8 Å². The Bertz CT molecular complexity index is 759. The lowest BCUT2D eigenvalue weighted by Gasteiger charge is -2.22. The minimum atomic E-state index is -0.131. The van der Waals surface area contributed by atoms with Gasteiger partial charge in [0.05, 0.1) is 5.39 Å². The van der Waals surface area contributed by atoms with E-state index in [4.69, 9.17) is 0 Å². The minimum absolute atomic E-state index is 0.0904. The van der Waals surface area contributed by atoms with Gasteiger partial charge in [0, 0.05) is 25.0 Å². The summed E-state index contributed by atoms with van der Waals surface area (Å²) in [5.41, 5.74) is 0.251. The molecule has 0 saturated carbocycles. The molecule has 1 aromatic carbocycles. The van der Waals surface area contributed by atoms with Crippen LogP contribution in [0.4, 0.5) is 0 Å². The summed E-state index contributed by atoms with van der Waals surface area (Å²) >= 11 is 0. The number of nitrogens with zero attached hydrogens (tertiary/aromatic N) is 3. The molecular formula is C19H27N3O2. The second-order valence-corrected chi connectivity index (χ2v) is 6.57. The summed E-state index contributed by atoms with van der Waals surface area (Å²) in [6.07, 6.45) is 1.80. The molecule has 0 aliphatic rings. The molecule has 0 radical (unpaired) electrons. The van der Waals surface area contributed by atoms with Crippen LogP contribution >= 0.6 is 0 Å². The van der Waals surface area contributed by atoms with E-state index >= 15 is 0 Å². The number of aromatic nitrogens is 2. The zero-order valence-corrected chi connectivity index (χ0v) is 15.1. The van der Waals surface area contributed by atoms with E-state index in [0.29, 0.717) is 36.1 Å². The van der Waals surface area contributed by atoms with Crippen molar-refractivity contribution in [3.63, 3.8) is 0 Å². The average Bonchev–Trinajstić information content (AvgIpc) is 2.56. The number of fused-ring (bicyclic) bond motifs is 1. The molecule has 0 spiro atoms. The first kappa shape index (κ1) is 18.2. The summed E-state index contributed by atoms with van der Waals surface area (Å²) < 4.78 is 1.44. The maximum atomic E-state index is 13.0. The normalized spacial score (nSPS) is 11.2. The molecule has 0 atom stereocenters. The summed E-state index contributed by atoms with van der Waals surface area (Å²) in [5, 5.41) is 5.64. The SMILES string of the molecule is CCCN(CCC)C(=O)c1nn(CC(C)C)c(=O)c2ccccc12. The van der Waals surface area contributed by atoms with Gasteiger partial charge < -0.3 is 4.90 Å². The van der Waals surface area contributed by atoms with E-state index in [2.05, 4.69) is 18.9 Å². The predicted molar refractivity (Wildman–Crippen MR) is 97.3 cm³/mol. The number of carbonyl (C=O) groups is 1. The van der Waals surface area contributed by atoms with Crippen LogP contribution in [0.2, 0.25) is 0 Å². The maximum absolute atomic E-state index is 13.0. The second kappa shape index (κ2) is 8.08. The van der Waals surface area contributed by atoms with Crippen molar-refractivity contribution in [3.8, 4) is 0 Å². The van der Waals surface area contributed by atoms with Gasteiger partial charge in [-0.3, -0.25) is 9.59 Å². The third-order valence-corrected chi connectivity index (χ3v) is 3.88. The number of rotatable bonds is 7. The summed E-state index contributed by atoms with van der Waals surface area (Å²) in [4.78, 5) is 27.5. The fourth-order valence-corrected chi connectivity index (χ4v) is 2.87. The molecule has 130 valence electrons. The highest BCUT2D eigenvalue weighted by atomic mass is 16.2. The molecule has 0 N–H and O–H groups in total. The van der Waals surface area contributed by atoms with Gasteiger partial charge >= 0.3 is 0 Å². The predicted octanol–water partition coefficient (Wildman–Crippen LogP) is 3.31. The van der Waals surface area contributed by atoms with Crippen LogP contribution in [0.15, 0.2) is 29.1 Å². The summed E-state index contributed by atoms with van der Waals surface area (Å²) in [6, 6.07) is 7.26. The highest BCUT2D eigenvalue weighted by Gasteiger charge is 2.21. The number of benzene rings is 1. The zero-order valence-electron chi connectivity index (χ0n) is 15.1. The van der Waals surface area contributed by atoms with Crippen molar-refractivity contribution < 1.29 is 4.79 Å². The number of hydrogen-bond donors (Lipinski definition) is 0. The van der Waals surface area contributed by atoms with Crippen LogP contribution in [0.1, 0.15) is 51.0 Å². The Morgan fingerprint density at radius 1 is 1.12 bits per heavy atom. The Morgan fingerprint density at radius 3 is 2.25 bits per heavy atom. The molecule has 0 aliphatic heterocycles. The minimum Gasteiger partial charge on any atom is -0.337 e. The molecule has 1 amide bonds. The highest BCUT2D eigenvalue weighted by molar-refractivity contribution is 6.04. The lowest BCUT2D eigenvalue weighted by atomic mass is 10.1. The quantitative estimate of drug-likeness (QED) is 0.783. The molecule has 1 heterocycles. The van der Waals surface area contributed by atoms with E-state index in [1.165, 1.54) is 4.68 Å². The molecule has 0 unspecified atom stereocenters. The van der Waals surface area contributed by atoms with Crippen molar-refractivity contribution >= 4 is 16.7 Å². The van der Waals surface area contributed by atoms with Crippen LogP contribution < -0.4 is 5.56 Å². The van der Waals surface area contributed by atoms with Gasteiger partial charge in [-0.1, -0.05) is 45.9 Å². The van der Waals surface area contributed by atoms with Crippen molar-refractivity contribution in [3.05, 3.63) is 40.3 Å². The number of hydrogen-bond acceptors (Lipinski definition) is 3. The van der Waals surface area contributed by atoms with Gasteiger partial charge in [0.15, 0.2) is 5.69 Å². The van der Waals surface area contributed by atoms with Crippen LogP contribution in [0.5, 0.6) is 0 Å². The molecule has 0 fully saturated rings. The van der Waals surface area contributed by atoms with Gasteiger partial charge in [0.25, 0.3) is 11.5 Å². The topological polar surface area (TPSA) is 55.2 Å². The van der Waals surface area contributed by atoms with Crippen molar-refractivity contribution in [1.82, 2.24) is 14.7 Å². The standard InChI is InChI=1S/C19H27N3O2/c1-5-11-21(12-6-2)19(24)17-15-9-7-8-10-16(15)18(23)22(20-17)13-14(3)4/h7-10,14H,5-6,11-13H2,1-4H3. The van der Waals surface area contributed by atoms with E-state index < -0.39 is 0 Å². The first-order valence-electron chi connectivity index (χ1n) is 8.78. The maximum Gasteiger partial charge on any atom is 0.274 e. The number of amides is 1. The molecular weight excluding hydrogens is 302 g/mol. The monoisotopic (exact) mass is 329 g/mol. The molecule has 0 bridgehead atoms. The van der Waals surface area contributed by atoms with Gasteiger partial charge in [-0.15, -0.1) is 0 Å². The van der Waals surface area contributed by atoms with Gasteiger partial charge in [0.2, 0.25) is 0 Å². The third-order valence-electron chi connectivity index (χ3n) is 3.88. The third kappa shape index (κ3) is 3.83. The van der Waals surface area contributed by atoms with E-state index in [9.17, 15) is 9.59 Å². The van der Waals surface area contributed by atoms with Crippen LogP contribution in [0.3, 0.4) is 0 Å². The lowest BCUT2D eigenvalue weighted by molar-refractivity contribution is 0.0749. The Morgan fingerprint density at radius 2 is 1.71 bits per heavy atom. The van der Waals surface area contributed by atoms with Crippen molar-refractivity contribution in [2.24, 2.45) is 5.92 Å². The summed E-state index contributed by atoms with van der Waals surface area (Å²) in [6.45, 7) is 10.1. The fraction of sp³-hybridized carbons (Fsp3) is 0.526. The average molecular weight is 329 g/mol. The highest BCUT2D eigenvalue weighted by Crippen LogP contribution is 2.16. The van der Waals surface area contributed by atoms with Crippen LogP contribution in [0, 0.1) is 5.92 Å². The molecule has 1 aromatic heterocycles. The van der Waals surface area contributed by atoms with Gasteiger partial charge in [0.1, 0.15) is 0 Å². The number of carbonyl (C=O) groups excluding carboxylic acids is 1. The molecule has 5 heteroatoms. The van der Waals surface area contributed by atoms with Crippen molar-refractivity contribution in [2.75, 3.05) is 13.1 Å². The van der Waals surface area contributed by atoms with E-state index in [1.54, 1.807) is 6.07 Å². The molecule has 2 aromatic rings. The Hall–Kier alpha value is -2.17. The Labute approximate surface area is 143 Å².